The van der Waals surface area contributed by atoms with Crippen LogP contribution in [0.25, 0.3) is 0 Å². The van der Waals surface area contributed by atoms with Gasteiger partial charge < -0.3 is 10.1 Å². The Morgan fingerprint density at radius 3 is 2.67 bits per heavy atom. The van der Waals surface area contributed by atoms with Crippen molar-refractivity contribution in [1.82, 2.24) is 15.1 Å². The third kappa shape index (κ3) is 3.79. The van der Waals surface area contributed by atoms with Gasteiger partial charge in [0, 0.05) is 17.5 Å². The average molecular weight is 293 g/mol. The summed E-state index contributed by atoms with van der Waals surface area (Å²) in [5, 5.41) is 8.22. The Balaban J connectivity index is 2.21. The van der Waals surface area contributed by atoms with Gasteiger partial charge in [0.1, 0.15) is 0 Å². The van der Waals surface area contributed by atoms with Crippen LogP contribution in [0.2, 0.25) is 0 Å². The van der Waals surface area contributed by atoms with E-state index in [0.717, 1.165) is 12.3 Å². The second-order valence-electron chi connectivity index (χ2n) is 7.56. The molecule has 1 aliphatic rings. The van der Waals surface area contributed by atoms with Gasteiger partial charge in [0.2, 0.25) is 0 Å². The summed E-state index contributed by atoms with van der Waals surface area (Å²) in [5.41, 5.74) is 1.47. The van der Waals surface area contributed by atoms with Crippen LogP contribution in [0.4, 0.5) is 0 Å². The fourth-order valence-corrected chi connectivity index (χ4v) is 3.36. The number of methoxy groups -OCH3 is 1. The maximum absolute atomic E-state index is 5.58. The number of rotatable bonds is 5. The Labute approximate surface area is 129 Å². The van der Waals surface area contributed by atoms with E-state index in [9.17, 15) is 0 Å². The Hall–Kier alpha value is -1.03. The fraction of sp³-hybridized carbons (Fsp3) is 0.824. The largest absolute Gasteiger partial charge is 0.493 e. The molecule has 0 aromatic carbocycles. The Kier molecular flexibility index (Phi) is 4.97. The number of aromatic nitrogens is 2. The molecule has 1 aromatic rings. The molecule has 1 aliphatic carbocycles. The molecular formula is C17H31N3O. The van der Waals surface area contributed by atoms with Crippen LogP contribution in [-0.4, -0.2) is 29.0 Å². The monoisotopic (exact) mass is 293 g/mol. The predicted molar refractivity (Wildman–Crippen MR) is 87.0 cm³/mol. The molecule has 2 rings (SSSR count). The van der Waals surface area contributed by atoms with Gasteiger partial charge in [-0.05, 0) is 59.9 Å². The van der Waals surface area contributed by atoms with E-state index in [-0.39, 0.29) is 5.54 Å². The van der Waals surface area contributed by atoms with E-state index in [4.69, 9.17) is 4.74 Å². The van der Waals surface area contributed by atoms with Crippen LogP contribution in [0.3, 0.4) is 0 Å². The smallest absolute Gasteiger partial charge is 0.160 e. The SMILES string of the molecule is COc1cnn(C(C)C)c1C1CCCC1CNC(C)(C)C. The lowest BCUT2D eigenvalue weighted by atomic mass is 9.91. The Morgan fingerprint density at radius 1 is 1.38 bits per heavy atom. The van der Waals surface area contributed by atoms with Crippen molar-refractivity contribution < 1.29 is 4.74 Å². The number of hydrogen-bond donors (Lipinski definition) is 1. The summed E-state index contributed by atoms with van der Waals surface area (Å²) in [6, 6.07) is 0.376. The highest BCUT2D eigenvalue weighted by atomic mass is 16.5. The first-order valence-electron chi connectivity index (χ1n) is 8.20. The van der Waals surface area contributed by atoms with Gasteiger partial charge in [-0.2, -0.15) is 5.10 Å². The summed E-state index contributed by atoms with van der Waals surface area (Å²) in [6.07, 6.45) is 5.71. The van der Waals surface area contributed by atoms with E-state index >= 15 is 0 Å². The quantitative estimate of drug-likeness (QED) is 0.898. The van der Waals surface area contributed by atoms with Gasteiger partial charge >= 0.3 is 0 Å². The molecule has 0 aliphatic heterocycles. The topological polar surface area (TPSA) is 39.1 Å². The van der Waals surface area contributed by atoms with Crippen molar-refractivity contribution in [2.45, 2.75) is 71.4 Å². The lowest BCUT2D eigenvalue weighted by Gasteiger charge is -2.27. The highest BCUT2D eigenvalue weighted by molar-refractivity contribution is 5.30. The van der Waals surface area contributed by atoms with Crippen LogP contribution in [0.1, 0.15) is 71.5 Å². The van der Waals surface area contributed by atoms with Gasteiger partial charge in [0.25, 0.3) is 0 Å². The molecule has 1 saturated carbocycles. The van der Waals surface area contributed by atoms with Crippen LogP contribution < -0.4 is 10.1 Å². The van der Waals surface area contributed by atoms with E-state index in [1.54, 1.807) is 7.11 Å². The molecule has 1 aromatic heterocycles. The van der Waals surface area contributed by atoms with E-state index < -0.39 is 0 Å². The summed E-state index contributed by atoms with van der Waals surface area (Å²) in [4.78, 5) is 0. The minimum absolute atomic E-state index is 0.176. The van der Waals surface area contributed by atoms with E-state index in [1.807, 2.05) is 6.20 Å². The molecule has 1 heterocycles. The molecule has 4 nitrogen and oxygen atoms in total. The van der Waals surface area contributed by atoms with Gasteiger partial charge in [0.15, 0.2) is 5.75 Å². The molecule has 4 heteroatoms. The Bertz CT molecular complexity index is 459. The zero-order valence-electron chi connectivity index (χ0n) is 14.4. The lowest BCUT2D eigenvalue weighted by Crippen LogP contribution is -2.39. The second kappa shape index (κ2) is 6.39. The number of nitrogens with zero attached hydrogens (tertiary/aromatic N) is 2. The van der Waals surface area contributed by atoms with Crippen molar-refractivity contribution in [2.75, 3.05) is 13.7 Å². The lowest BCUT2D eigenvalue weighted by molar-refractivity contribution is 0.336. The standard InChI is InChI=1S/C17H31N3O/c1-12(2)20-16(15(21-6)11-19-20)14-9-7-8-13(14)10-18-17(3,4)5/h11-14,18H,7-10H2,1-6H3. The number of nitrogens with one attached hydrogen (secondary N) is 1. The van der Waals surface area contributed by atoms with Gasteiger partial charge in [-0.3, -0.25) is 4.68 Å². The van der Waals surface area contributed by atoms with E-state index in [1.165, 1.54) is 25.0 Å². The summed E-state index contributed by atoms with van der Waals surface area (Å²) in [6.45, 7) is 12.1. The molecule has 21 heavy (non-hydrogen) atoms. The molecule has 120 valence electrons. The molecular weight excluding hydrogens is 262 g/mol. The van der Waals surface area contributed by atoms with Crippen molar-refractivity contribution in [3.8, 4) is 5.75 Å². The van der Waals surface area contributed by atoms with Gasteiger partial charge in [-0.25, -0.2) is 0 Å². The average Bonchev–Trinajstić information content (AvgIpc) is 3.00. The molecule has 0 bridgehead atoms. The minimum Gasteiger partial charge on any atom is -0.493 e. The van der Waals surface area contributed by atoms with Crippen molar-refractivity contribution in [3.05, 3.63) is 11.9 Å². The molecule has 0 radical (unpaired) electrons. The number of ether oxygens (including phenoxy) is 1. The van der Waals surface area contributed by atoms with Crippen LogP contribution >= 0.6 is 0 Å². The fourth-order valence-electron chi connectivity index (χ4n) is 3.36. The molecule has 0 spiro atoms. The van der Waals surface area contributed by atoms with Crippen molar-refractivity contribution in [3.63, 3.8) is 0 Å². The maximum Gasteiger partial charge on any atom is 0.160 e. The predicted octanol–water partition coefficient (Wildman–Crippen LogP) is 3.74. The maximum atomic E-state index is 5.58. The molecule has 0 amide bonds. The number of hydrogen-bond acceptors (Lipinski definition) is 3. The van der Waals surface area contributed by atoms with Crippen LogP contribution in [0.15, 0.2) is 6.20 Å². The summed E-state index contributed by atoms with van der Waals surface area (Å²) < 4.78 is 7.73. The van der Waals surface area contributed by atoms with Crippen LogP contribution in [0.5, 0.6) is 5.75 Å². The zero-order valence-corrected chi connectivity index (χ0v) is 14.4. The Morgan fingerprint density at radius 2 is 2.10 bits per heavy atom. The third-order valence-corrected chi connectivity index (χ3v) is 4.41. The van der Waals surface area contributed by atoms with Crippen LogP contribution in [0, 0.1) is 5.92 Å². The third-order valence-electron chi connectivity index (χ3n) is 4.41. The first-order chi connectivity index (χ1) is 9.83. The van der Waals surface area contributed by atoms with E-state index in [2.05, 4.69) is 49.7 Å². The van der Waals surface area contributed by atoms with Crippen molar-refractivity contribution >= 4 is 0 Å². The zero-order chi connectivity index (χ0) is 15.6. The summed E-state index contributed by atoms with van der Waals surface area (Å²) in [5.74, 6) is 2.18. The van der Waals surface area contributed by atoms with Gasteiger partial charge in [0.05, 0.1) is 19.0 Å². The summed E-state index contributed by atoms with van der Waals surface area (Å²) in [7, 11) is 1.75. The highest BCUT2D eigenvalue weighted by Crippen LogP contribution is 2.43. The van der Waals surface area contributed by atoms with Crippen molar-refractivity contribution in [2.24, 2.45) is 5.92 Å². The molecule has 2 unspecified atom stereocenters. The first-order valence-corrected chi connectivity index (χ1v) is 8.20. The van der Waals surface area contributed by atoms with E-state index in [0.29, 0.717) is 17.9 Å². The highest BCUT2D eigenvalue weighted by Gasteiger charge is 2.34. The summed E-state index contributed by atoms with van der Waals surface area (Å²) >= 11 is 0. The molecule has 1 N–H and O–H groups in total. The second-order valence-corrected chi connectivity index (χ2v) is 7.56. The molecule has 0 saturated heterocycles. The molecule has 1 fully saturated rings. The minimum atomic E-state index is 0.176. The normalized spacial score (nSPS) is 23.0. The van der Waals surface area contributed by atoms with Gasteiger partial charge in [-0.15, -0.1) is 0 Å². The van der Waals surface area contributed by atoms with Crippen molar-refractivity contribution in [1.29, 1.82) is 0 Å². The molecule has 2 atom stereocenters. The first kappa shape index (κ1) is 16.3. The van der Waals surface area contributed by atoms with Crippen LogP contribution in [-0.2, 0) is 0 Å². The van der Waals surface area contributed by atoms with Gasteiger partial charge in [-0.1, -0.05) is 6.42 Å².